The van der Waals surface area contributed by atoms with Crippen LogP contribution in [0.15, 0.2) is 0 Å². The van der Waals surface area contributed by atoms with Crippen LogP contribution in [0.2, 0.25) is 0 Å². The fourth-order valence-corrected chi connectivity index (χ4v) is 4.20. The summed E-state index contributed by atoms with van der Waals surface area (Å²) in [7, 11) is -4.19. The summed E-state index contributed by atoms with van der Waals surface area (Å²) in [5, 5.41) is 9.27. The molecular formula is C20H41KO4S. The molecule has 2 atom stereocenters. The van der Waals surface area contributed by atoms with Gasteiger partial charge in [-0.3, -0.25) is 0 Å². The van der Waals surface area contributed by atoms with Crippen LogP contribution in [0.5, 0.6) is 0 Å². The molecule has 0 heterocycles. The molecule has 26 heavy (non-hydrogen) atoms. The predicted molar refractivity (Wildman–Crippen MR) is 105 cm³/mol. The molecule has 0 saturated carbocycles. The van der Waals surface area contributed by atoms with Crippen molar-refractivity contribution in [1.82, 2.24) is 0 Å². The molecule has 0 aliphatic heterocycles. The van der Waals surface area contributed by atoms with Crippen LogP contribution in [0.25, 0.3) is 0 Å². The van der Waals surface area contributed by atoms with Crippen LogP contribution in [-0.4, -0.2) is 29.4 Å². The van der Waals surface area contributed by atoms with E-state index in [0.717, 1.165) is 44.9 Å². The standard InChI is InChI=1S/C20H42O4S.K/c1-3-5-7-8-9-10-12-15-19(21)16-13-14-18-20(25(22,23)24)17-11-6-4-2;/h19-21H,3-18H2,1-2H3,(H,22,23,24);/q;+1/p-1. The number of hydrogen-bond donors (Lipinski definition) is 1. The zero-order valence-corrected chi connectivity index (χ0v) is 21.5. The molecule has 0 bridgehead atoms. The van der Waals surface area contributed by atoms with Gasteiger partial charge in [0.15, 0.2) is 0 Å². The minimum Gasteiger partial charge on any atom is -0.748 e. The first-order valence-corrected chi connectivity index (χ1v) is 12.0. The topological polar surface area (TPSA) is 77.4 Å². The number of unbranched alkanes of at least 4 members (excludes halogenated alkanes) is 9. The summed E-state index contributed by atoms with van der Waals surface area (Å²) in [5.41, 5.74) is 0. The van der Waals surface area contributed by atoms with E-state index in [9.17, 15) is 18.1 Å². The van der Waals surface area contributed by atoms with Crippen LogP contribution in [0.4, 0.5) is 0 Å². The van der Waals surface area contributed by atoms with Crippen LogP contribution in [0, 0.1) is 0 Å². The molecule has 0 rings (SSSR count). The van der Waals surface area contributed by atoms with Crippen molar-refractivity contribution in [2.45, 2.75) is 128 Å². The molecule has 0 amide bonds. The average Bonchev–Trinajstić information content (AvgIpc) is 2.55. The Morgan fingerprint density at radius 1 is 0.692 bits per heavy atom. The molecule has 4 nitrogen and oxygen atoms in total. The molecule has 0 spiro atoms. The molecule has 152 valence electrons. The van der Waals surface area contributed by atoms with E-state index in [1.165, 1.54) is 38.5 Å². The average molecular weight is 417 g/mol. The van der Waals surface area contributed by atoms with Gasteiger partial charge in [0, 0.05) is 5.25 Å². The maximum Gasteiger partial charge on any atom is 1.00 e. The van der Waals surface area contributed by atoms with Crippen LogP contribution in [0.3, 0.4) is 0 Å². The third-order valence-electron chi connectivity index (χ3n) is 4.99. The summed E-state index contributed by atoms with van der Waals surface area (Å²) in [5.74, 6) is 0. The van der Waals surface area contributed by atoms with Gasteiger partial charge in [-0.1, -0.05) is 90.9 Å². The van der Waals surface area contributed by atoms with E-state index in [2.05, 4.69) is 13.8 Å². The number of aliphatic hydroxyl groups is 1. The molecule has 0 radical (unpaired) electrons. The maximum atomic E-state index is 11.3. The smallest absolute Gasteiger partial charge is 0.748 e. The first-order valence-electron chi connectivity index (χ1n) is 10.5. The minimum absolute atomic E-state index is 0. The van der Waals surface area contributed by atoms with E-state index in [4.69, 9.17) is 0 Å². The van der Waals surface area contributed by atoms with Crippen LogP contribution < -0.4 is 51.4 Å². The molecule has 2 unspecified atom stereocenters. The van der Waals surface area contributed by atoms with Crippen molar-refractivity contribution in [2.24, 2.45) is 0 Å². The Bertz CT molecular complexity index is 387. The second-order valence-corrected chi connectivity index (χ2v) is 9.11. The quantitative estimate of drug-likeness (QED) is 0.212. The van der Waals surface area contributed by atoms with Gasteiger partial charge in [0.1, 0.15) is 0 Å². The molecular weight excluding hydrogens is 375 g/mol. The molecule has 0 aliphatic rings. The third kappa shape index (κ3) is 18.9. The van der Waals surface area contributed by atoms with Crippen LogP contribution >= 0.6 is 0 Å². The second kappa shape index (κ2) is 19.8. The summed E-state index contributed by atoms with van der Waals surface area (Å²) < 4.78 is 34.0. The van der Waals surface area contributed by atoms with E-state index < -0.39 is 15.4 Å². The van der Waals surface area contributed by atoms with E-state index >= 15 is 0 Å². The van der Waals surface area contributed by atoms with Crippen molar-refractivity contribution >= 4 is 10.1 Å². The summed E-state index contributed by atoms with van der Waals surface area (Å²) >= 11 is 0. The summed E-state index contributed by atoms with van der Waals surface area (Å²) in [6.07, 6.45) is 15.3. The van der Waals surface area contributed by atoms with Crippen molar-refractivity contribution in [3.05, 3.63) is 0 Å². The molecule has 0 saturated heterocycles. The van der Waals surface area contributed by atoms with Crippen molar-refractivity contribution < 1.29 is 69.5 Å². The first kappa shape index (κ1) is 29.7. The monoisotopic (exact) mass is 416 g/mol. The van der Waals surface area contributed by atoms with Crippen LogP contribution in [0.1, 0.15) is 117 Å². The first-order chi connectivity index (χ1) is 11.9. The van der Waals surface area contributed by atoms with Gasteiger partial charge in [0.2, 0.25) is 0 Å². The number of rotatable bonds is 18. The van der Waals surface area contributed by atoms with Crippen molar-refractivity contribution in [1.29, 1.82) is 0 Å². The number of aliphatic hydroxyl groups excluding tert-OH is 1. The second-order valence-electron chi connectivity index (χ2n) is 7.46. The minimum atomic E-state index is -4.19. The molecule has 1 N–H and O–H groups in total. The zero-order valence-electron chi connectivity index (χ0n) is 17.5. The molecule has 0 aliphatic carbocycles. The Morgan fingerprint density at radius 3 is 1.54 bits per heavy atom. The van der Waals surface area contributed by atoms with E-state index in [-0.39, 0.29) is 57.5 Å². The Kier molecular flexibility index (Phi) is 22.6. The van der Waals surface area contributed by atoms with E-state index in [1.54, 1.807) is 0 Å². The van der Waals surface area contributed by atoms with Gasteiger partial charge >= 0.3 is 51.4 Å². The van der Waals surface area contributed by atoms with Gasteiger partial charge in [-0.15, -0.1) is 0 Å². The fourth-order valence-electron chi connectivity index (χ4n) is 3.29. The van der Waals surface area contributed by atoms with Gasteiger partial charge in [-0.25, -0.2) is 8.42 Å². The summed E-state index contributed by atoms with van der Waals surface area (Å²) in [6, 6.07) is 0. The molecule has 0 fully saturated rings. The zero-order chi connectivity index (χ0) is 19.0. The Hall–Kier alpha value is 1.51. The largest absolute Gasteiger partial charge is 1.00 e. The Morgan fingerprint density at radius 2 is 1.04 bits per heavy atom. The van der Waals surface area contributed by atoms with Crippen LogP contribution in [-0.2, 0) is 10.1 Å². The molecule has 6 heteroatoms. The van der Waals surface area contributed by atoms with E-state index in [0.29, 0.717) is 19.3 Å². The van der Waals surface area contributed by atoms with Crippen molar-refractivity contribution in [2.75, 3.05) is 0 Å². The van der Waals surface area contributed by atoms with Gasteiger partial charge in [-0.05, 0) is 25.7 Å². The summed E-state index contributed by atoms with van der Waals surface area (Å²) in [6.45, 7) is 4.28. The Labute approximate surface area is 205 Å². The normalized spacial score (nSPS) is 14.0. The number of hydrogen-bond acceptors (Lipinski definition) is 4. The molecule has 0 aromatic carbocycles. The van der Waals surface area contributed by atoms with Gasteiger partial charge < -0.3 is 9.66 Å². The van der Waals surface area contributed by atoms with Crippen molar-refractivity contribution in [3.63, 3.8) is 0 Å². The summed E-state index contributed by atoms with van der Waals surface area (Å²) in [4.78, 5) is 0. The molecule has 0 aromatic heterocycles. The van der Waals surface area contributed by atoms with Crippen molar-refractivity contribution in [3.8, 4) is 0 Å². The SMILES string of the molecule is CCCCCCCCCC(O)CCCCC(CCCCC)S(=O)(=O)[O-].[K+]. The maximum absolute atomic E-state index is 11.3. The van der Waals surface area contributed by atoms with Gasteiger partial charge in [0.25, 0.3) is 0 Å². The fraction of sp³-hybridized carbons (Fsp3) is 1.00. The predicted octanol–water partition coefficient (Wildman–Crippen LogP) is 2.55. The van der Waals surface area contributed by atoms with E-state index in [1.807, 2.05) is 0 Å². The Balaban J connectivity index is 0. The van der Waals surface area contributed by atoms with Gasteiger partial charge in [0.05, 0.1) is 16.2 Å². The third-order valence-corrected chi connectivity index (χ3v) is 6.28. The molecule has 0 aromatic rings. The van der Waals surface area contributed by atoms with Gasteiger partial charge in [-0.2, -0.15) is 0 Å².